The van der Waals surface area contributed by atoms with Crippen molar-refractivity contribution in [1.82, 2.24) is 4.98 Å². The van der Waals surface area contributed by atoms with Gasteiger partial charge in [0.25, 0.3) is 0 Å². The third kappa shape index (κ3) is 1.96. The first-order valence-corrected chi connectivity index (χ1v) is 4.29. The van der Waals surface area contributed by atoms with Crippen LogP contribution < -0.4 is 0 Å². The first-order chi connectivity index (χ1) is 6.34. The van der Waals surface area contributed by atoms with Gasteiger partial charge in [0.2, 0.25) is 0 Å². The molecule has 0 spiro atoms. The average Bonchev–Trinajstić information content (AvgIpc) is 2.53. The van der Waals surface area contributed by atoms with Crippen molar-refractivity contribution in [1.29, 1.82) is 0 Å². The van der Waals surface area contributed by atoms with Gasteiger partial charge < -0.3 is 4.42 Å². The lowest BCUT2D eigenvalue weighted by Gasteiger charge is -1.94. The summed E-state index contributed by atoms with van der Waals surface area (Å²) >= 11 is 0. The quantitative estimate of drug-likeness (QED) is 0.697. The Hall–Kier alpha value is -1.57. The molecule has 1 aromatic carbocycles. The molecule has 0 saturated carbocycles. The maximum Gasteiger partial charge on any atom is 0.198 e. The van der Waals surface area contributed by atoms with Gasteiger partial charge >= 0.3 is 0 Å². The van der Waals surface area contributed by atoms with E-state index >= 15 is 0 Å². The Kier molecular flexibility index (Phi) is 2.13. The Morgan fingerprint density at radius 2 is 2.00 bits per heavy atom. The van der Waals surface area contributed by atoms with Crippen molar-refractivity contribution in [3.63, 3.8) is 0 Å². The first-order valence-electron chi connectivity index (χ1n) is 4.29. The predicted octanol–water partition coefficient (Wildman–Crippen LogP) is 2.57. The van der Waals surface area contributed by atoms with Crippen LogP contribution in [0.15, 0.2) is 41.0 Å². The minimum atomic E-state index is 0.772. The van der Waals surface area contributed by atoms with Crippen molar-refractivity contribution < 1.29 is 4.42 Å². The summed E-state index contributed by atoms with van der Waals surface area (Å²) in [5.74, 6) is 0.781. The Labute approximate surface area is 77.2 Å². The summed E-state index contributed by atoms with van der Waals surface area (Å²) in [5, 5.41) is 0. The van der Waals surface area contributed by atoms with E-state index in [0.717, 1.165) is 18.0 Å². The molecule has 2 nitrogen and oxygen atoms in total. The van der Waals surface area contributed by atoms with Crippen LogP contribution >= 0.6 is 0 Å². The van der Waals surface area contributed by atoms with E-state index in [1.807, 2.05) is 25.1 Å². The molecule has 1 heterocycles. The third-order valence-corrected chi connectivity index (χ3v) is 1.86. The molecule has 13 heavy (non-hydrogen) atoms. The number of hydrogen-bond donors (Lipinski definition) is 0. The molecule has 0 aliphatic heterocycles. The molecule has 0 saturated heterocycles. The molecule has 0 amide bonds. The smallest absolute Gasteiger partial charge is 0.198 e. The fourth-order valence-corrected chi connectivity index (χ4v) is 1.25. The van der Waals surface area contributed by atoms with Gasteiger partial charge in [-0.25, -0.2) is 4.98 Å². The van der Waals surface area contributed by atoms with Gasteiger partial charge in [0, 0.05) is 6.42 Å². The molecule has 0 N–H and O–H groups in total. The molecule has 0 aliphatic rings. The van der Waals surface area contributed by atoms with Crippen LogP contribution in [0.5, 0.6) is 0 Å². The van der Waals surface area contributed by atoms with Gasteiger partial charge in [-0.3, -0.25) is 0 Å². The number of oxazole rings is 1. The summed E-state index contributed by atoms with van der Waals surface area (Å²) in [7, 11) is 0. The fourth-order valence-electron chi connectivity index (χ4n) is 1.25. The average molecular weight is 173 g/mol. The second-order valence-corrected chi connectivity index (χ2v) is 3.05. The number of rotatable bonds is 2. The van der Waals surface area contributed by atoms with E-state index in [9.17, 15) is 0 Å². The van der Waals surface area contributed by atoms with Crippen LogP contribution in [0.3, 0.4) is 0 Å². The topological polar surface area (TPSA) is 26.0 Å². The highest BCUT2D eigenvalue weighted by Crippen LogP contribution is 2.08. The van der Waals surface area contributed by atoms with Gasteiger partial charge in [-0.2, -0.15) is 0 Å². The molecule has 66 valence electrons. The molecule has 2 heteroatoms. The predicted molar refractivity (Wildman–Crippen MR) is 50.5 cm³/mol. The van der Waals surface area contributed by atoms with Crippen LogP contribution in [-0.2, 0) is 6.42 Å². The van der Waals surface area contributed by atoms with Crippen LogP contribution in [-0.4, -0.2) is 4.98 Å². The summed E-state index contributed by atoms with van der Waals surface area (Å²) in [5.41, 5.74) is 2.16. The molecule has 0 fully saturated rings. The van der Waals surface area contributed by atoms with Crippen molar-refractivity contribution in [3.05, 3.63) is 53.7 Å². The molecule has 0 radical (unpaired) electrons. The molecule has 0 atom stereocenters. The van der Waals surface area contributed by atoms with Crippen molar-refractivity contribution in [2.24, 2.45) is 0 Å². The first kappa shape index (κ1) is 8.05. The number of aromatic nitrogens is 1. The summed E-state index contributed by atoms with van der Waals surface area (Å²) in [6.45, 7) is 1.93. The van der Waals surface area contributed by atoms with Crippen molar-refractivity contribution in [2.75, 3.05) is 0 Å². The largest absolute Gasteiger partial charge is 0.448 e. The monoisotopic (exact) mass is 173 g/mol. The van der Waals surface area contributed by atoms with Gasteiger partial charge in [0.05, 0.1) is 5.69 Å². The van der Waals surface area contributed by atoms with E-state index in [1.54, 1.807) is 6.26 Å². The maximum absolute atomic E-state index is 5.26. The summed E-state index contributed by atoms with van der Waals surface area (Å²) in [6.07, 6.45) is 2.45. The molecule has 2 aromatic rings. The second-order valence-electron chi connectivity index (χ2n) is 3.05. The molecule has 0 aliphatic carbocycles. The van der Waals surface area contributed by atoms with Crippen LogP contribution in [0.1, 0.15) is 17.1 Å². The molecular weight excluding hydrogens is 162 g/mol. The summed E-state index contributed by atoms with van der Waals surface area (Å²) in [6, 6.07) is 10.2. The zero-order valence-electron chi connectivity index (χ0n) is 7.53. The van der Waals surface area contributed by atoms with Crippen molar-refractivity contribution in [2.45, 2.75) is 13.3 Å². The highest BCUT2D eigenvalue weighted by Gasteiger charge is 2.00. The highest BCUT2D eigenvalue weighted by molar-refractivity contribution is 5.18. The van der Waals surface area contributed by atoms with Gasteiger partial charge in [0.1, 0.15) is 6.26 Å². The van der Waals surface area contributed by atoms with E-state index in [2.05, 4.69) is 17.1 Å². The normalized spacial score (nSPS) is 10.2. The highest BCUT2D eigenvalue weighted by atomic mass is 16.3. The minimum absolute atomic E-state index is 0.772. The van der Waals surface area contributed by atoms with E-state index in [0.29, 0.717) is 0 Å². The van der Waals surface area contributed by atoms with Crippen LogP contribution in [0, 0.1) is 6.92 Å². The Morgan fingerprint density at radius 1 is 1.23 bits per heavy atom. The van der Waals surface area contributed by atoms with Gasteiger partial charge in [-0.15, -0.1) is 0 Å². The summed E-state index contributed by atoms with van der Waals surface area (Å²) in [4.78, 5) is 4.24. The van der Waals surface area contributed by atoms with Crippen LogP contribution in [0.2, 0.25) is 0 Å². The number of benzene rings is 1. The zero-order valence-corrected chi connectivity index (χ0v) is 7.53. The third-order valence-electron chi connectivity index (χ3n) is 1.86. The summed E-state index contributed by atoms with van der Waals surface area (Å²) < 4.78 is 5.26. The number of aryl methyl sites for hydroxylation is 1. The van der Waals surface area contributed by atoms with Gasteiger partial charge in [-0.1, -0.05) is 30.3 Å². The van der Waals surface area contributed by atoms with E-state index in [-0.39, 0.29) is 0 Å². The lowest BCUT2D eigenvalue weighted by Crippen LogP contribution is -1.87. The lowest BCUT2D eigenvalue weighted by atomic mass is 10.1. The number of hydrogen-bond acceptors (Lipinski definition) is 2. The molecule has 0 unspecified atom stereocenters. The minimum Gasteiger partial charge on any atom is -0.448 e. The van der Waals surface area contributed by atoms with Crippen molar-refractivity contribution >= 4 is 0 Å². The number of nitrogens with zero attached hydrogens (tertiary/aromatic N) is 1. The van der Waals surface area contributed by atoms with Gasteiger partial charge in [0.15, 0.2) is 5.89 Å². The molecule has 1 aromatic heterocycles. The Morgan fingerprint density at radius 3 is 2.62 bits per heavy atom. The maximum atomic E-state index is 5.26. The van der Waals surface area contributed by atoms with E-state index in [1.165, 1.54) is 5.56 Å². The van der Waals surface area contributed by atoms with Crippen molar-refractivity contribution in [3.8, 4) is 0 Å². The molecule has 2 rings (SSSR count). The second kappa shape index (κ2) is 3.44. The fraction of sp³-hybridized carbons (Fsp3) is 0.182. The van der Waals surface area contributed by atoms with E-state index < -0.39 is 0 Å². The molecular formula is C11H11NO. The zero-order chi connectivity index (χ0) is 9.10. The van der Waals surface area contributed by atoms with Crippen LogP contribution in [0.25, 0.3) is 0 Å². The lowest BCUT2D eigenvalue weighted by molar-refractivity contribution is 0.506. The SMILES string of the molecule is Cc1coc(Cc2ccccc2)n1. The van der Waals surface area contributed by atoms with Crippen LogP contribution in [0.4, 0.5) is 0 Å². The Bertz CT molecular complexity index is 378. The van der Waals surface area contributed by atoms with E-state index in [4.69, 9.17) is 4.42 Å². The van der Waals surface area contributed by atoms with Gasteiger partial charge in [-0.05, 0) is 12.5 Å². The Balaban J connectivity index is 2.15. The standard InChI is InChI=1S/C11H11NO/c1-9-8-13-11(12-9)7-10-5-3-2-4-6-10/h2-6,8H,7H2,1H3. The molecule has 0 bridgehead atoms.